The average molecular weight is 571 g/mol. The molecule has 0 unspecified atom stereocenters. The highest BCUT2D eigenvalue weighted by Crippen LogP contribution is 2.44. The Balaban J connectivity index is 1.15. The number of rotatable bonds is 5. The SMILES string of the molecule is CC(C)(c1ccc(-n2c3ccccc3c3ncccc32)cc1)C(C)(C)c1ccc(-n2c3ccccc3c3ncccc32)cc1. The molecule has 44 heavy (non-hydrogen) atoms. The molecule has 0 amide bonds. The molecule has 0 radical (unpaired) electrons. The predicted molar refractivity (Wildman–Crippen MR) is 183 cm³/mol. The van der Waals surface area contributed by atoms with Crippen LogP contribution in [0.1, 0.15) is 38.8 Å². The van der Waals surface area contributed by atoms with Crippen molar-refractivity contribution in [2.24, 2.45) is 0 Å². The molecule has 0 N–H and O–H groups in total. The summed E-state index contributed by atoms with van der Waals surface area (Å²) in [6.45, 7) is 9.44. The molecule has 0 aliphatic rings. The predicted octanol–water partition coefficient (Wildman–Crippen LogP) is 9.93. The second kappa shape index (κ2) is 9.65. The first-order valence-electron chi connectivity index (χ1n) is 15.3. The molecular weight excluding hydrogens is 536 g/mol. The van der Waals surface area contributed by atoms with Crippen molar-refractivity contribution in [3.8, 4) is 11.4 Å². The summed E-state index contributed by atoms with van der Waals surface area (Å²) in [6.07, 6.45) is 3.75. The van der Waals surface area contributed by atoms with Crippen LogP contribution < -0.4 is 0 Å². The minimum absolute atomic E-state index is 0.133. The number of hydrogen-bond donors (Lipinski definition) is 0. The van der Waals surface area contributed by atoms with E-state index >= 15 is 0 Å². The van der Waals surface area contributed by atoms with Gasteiger partial charge in [0, 0.05) is 34.5 Å². The van der Waals surface area contributed by atoms with E-state index < -0.39 is 0 Å². The summed E-state index contributed by atoms with van der Waals surface area (Å²) in [5, 5.41) is 2.35. The number of para-hydroxylation sites is 2. The minimum atomic E-state index is -0.133. The third-order valence-corrected chi connectivity index (χ3v) is 10.1. The van der Waals surface area contributed by atoms with E-state index in [0.29, 0.717) is 0 Å². The summed E-state index contributed by atoms with van der Waals surface area (Å²) < 4.78 is 4.64. The van der Waals surface area contributed by atoms with Gasteiger partial charge in [-0.2, -0.15) is 0 Å². The molecule has 0 atom stereocenters. The number of benzene rings is 4. The molecule has 8 rings (SSSR count). The van der Waals surface area contributed by atoms with E-state index in [4.69, 9.17) is 9.97 Å². The maximum absolute atomic E-state index is 4.70. The van der Waals surface area contributed by atoms with Crippen LogP contribution in [-0.2, 0) is 10.8 Å². The first kappa shape index (κ1) is 26.4. The summed E-state index contributed by atoms with van der Waals surface area (Å²) in [5.41, 5.74) is 11.3. The Kier molecular flexibility index (Phi) is 5.79. The van der Waals surface area contributed by atoms with Crippen LogP contribution in [-0.4, -0.2) is 19.1 Å². The van der Waals surface area contributed by atoms with Gasteiger partial charge in [0.15, 0.2) is 0 Å². The normalized spacial score (nSPS) is 12.5. The van der Waals surface area contributed by atoms with E-state index in [1.54, 1.807) is 0 Å². The average Bonchev–Trinajstić information content (AvgIpc) is 3.58. The molecule has 0 aliphatic carbocycles. The fourth-order valence-electron chi connectivity index (χ4n) is 6.90. The van der Waals surface area contributed by atoms with E-state index in [1.165, 1.54) is 32.9 Å². The van der Waals surface area contributed by atoms with Crippen LogP contribution in [0.25, 0.3) is 55.2 Å². The van der Waals surface area contributed by atoms with Crippen molar-refractivity contribution in [1.29, 1.82) is 0 Å². The quantitative estimate of drug-likeness (QED) is 0.206. The van der Waals surface area contributed by atoms with Crippen molar-refractivity contribution >= 4 is 43.9 Å². The van der Waals surface area contributed by atoms with Crippen molar-refractivity contribution in [3.63, 3.8) is 0 Å². The highest BCUT2D eigenvalue weighted by atomic mass is 15.0. The molecule has 4 heterocycles. The zero-order valence-corrected chi connectivity index (χ0v) is 25.5. The molecule has 214 valence electrons. The lowest BCUT2D eigenvalue weighted by Gasteiger charge is -2.43. The molecule has 4 nitrogen and oxygen atoms in total. The Morgan fingerprint density at radius 2 is 0.773 bits per heavy atom. The van der Waals surface area contributed by atoms with Crippen LogP contribution in [0.3, 0.4) is 0 Å². The lowest BCUT2D eigenvalue weighted by atomic mass is 9.61. The molecule has 0 aliphatic heterocycles. The smallest absolute Gasteiger partial charge is 0.0963 e. The largest absolute Gasteiger partial charge is 0.308 e. The molecule has 4 aromatic carbocycles. The first-order chi connectivity index (χ1) is 21.4. The van der Waals surface area contributed by atoms with E-state index in [1.807, 2.05) is 24.5 Å². The zero-order valence-electron chi connectivity index (χ0n) is 25.5. The summed E-state index contributed by atoms with van der Waals surface area (Å²) in [4.78, 5) is 9.41. The van der Waals surface area contributed by atoms with Gasteiger partial charge in [0.1, 0.15) is 0 Å². The maximum Gasteiger partial charge on any atom is 0.0963 e. The van der Waals surface area contributed by atoms with Gasteiger partial charge in [-0.15, -0.1) is 0 Å². The molecule has 4 aromatic heterocycles. The Morgan fingerprint density at radius 1 is 0.409 bits per heavy atom. The number of hydrogen-bond acceptors (Lipinski definition) is 2. The van der Waals surface area contributed by atoms with Gasteiger partial charge in [-0.1, -0.05) is 88.4 Å². The van der Waals surface area contributed by atoms with E-state index in [9.17, 15) is 0 Å². The lowest BCUT2D eigenvalue weighted by Crippen LogP contribution is -2.40. The van der Waals surface area contributed by atoms with Gasteiger partial charge in [0.2, 0.25) is 0 Å². The lowest BCUT2D eigenvalue weighted by molar-refractivity contribution is 0.303. The van der Waals surface area contributed by atoms with Crippen molar-refractivity contribution < 1.29 is 0 Å². The van der Waals surface area contributed by atoms with Gasteiger partial charge in [-0.3, -0.25) is 9.97 Å². The maximum atomic E-state index is 4.70. The monoisotopic (exact) mass is 570 g/mol. The summed E-state index contributed by atoms with van der Waals surface area (Å²) in [6, 6.07) is 43.6. The molecule has 0 spiro atoms. The second-order valence-corrected chi connectivity index (χ2v) is 12.8. The standard InChI is InChI=1S/C40H34N4/c1-39(2,27-17-21-29(22-18-27)43-33-13-7-5-11-31(33)37-35(43)15-9-25-41-37)40(3,4)28-19-23-30(24-20-28)44-34-14-8-6-12-32(34)38-36(44)16-10-26-42-38/h5-26H,1-4H3. The fourth-order valence-corrected chi connectivity index (χ4v) is 6.90. The second-order valence-electron chi connectivity index (χ2n) is 12.8. The van der Waals surface area contributed by atoms with Gasteiger partial charge in [0.25, 0.3) is 0 Å². The van der Waals surface area contributed by atoms with Crippen LogP contribution in [0.2, 0.25) is 0 Å². The van der Waals surface area contributed by atoms with Gasteiger partial charge >= 0.3 is 0 Å². The van der Waals surface area contributed by atoms with Crippen molar-refractivity contribution in [1.82, 2.24) is 19.1 Å². The van der Waals surface area contributed by atoms with Gasteiger partial charge in [-0.05, 0) is 82.6 Å². The fraction of sp³-hybridized carbons (Fsp3) is 0.150. The van der Waals surface area contributed by atoms with Crippen LogP contribution in [0.15, 0.2) is 134 Å². The molecule has 4 heteroatoms. The van der Waals surface area contributed by atoms with Crippen molar-refractivity contribution in [2.45, 2.75) is 38.5 Å². The van der Waals surface area contributed by atoms with Gasteiger partial charge in [0.05, 0.1) is 33.1 Å². The molecule has 0 saturated heterocycles. The Bertz CT molecular complexity index is 2040. The molecular formula is C40H34N4. The summed E-state index contributed by atoms with van der Waals surface area (Å²) >= 11 is 0. The highest BCUT2D eigenvalue weighted by Gasteiger charge is 2.39. The minimum Gasteiger partial charge on any atom is -0.308 e. The Hall–Kier alpha value is -5.22. The molecule has 0 saturated carbocycles. The molecule has 8 aromatic rings. The van der Waals surface area contributed by atoms with Crippen LogP contribution in [0.5, 0.6) is 0 Å². The topological polar surface area (TPSA) is 35.6 Å². The van der Waals surface area contributed by atoms with Crippen molar-refractivity contribution in [2.75, 3.05) is 0 Å². The summed E-state index contributed by atoms with van der Waals surface area (Å²) in [7, 11) is 0. The molecule has 0 fully saturated rings. The Labute approximate surface area is 257 Å². The first-order valence-corrected chi connectivity index (χ1v) is 15.3. The van der Waals surface area contributed by atoms with E-state index in [0.717, 1.165) is 33.4 Å². The van der Waals surface area contributed by atoms with Crippen molar-refractivity contribution in [3.05, 3.63) is 145 Å². The van der Waals surface area contributed by atoms with Gasteiger partial charge in [-0.25, -0.2) is 0 Å². The van der Waals surface area contributed by atoms with Crippen LogP contribution >= 0.6 is 0 Å². The van der Waals surface area contributed by atoms with E-state index in [-0.39, 0.29) is 10.8 Å². The highest BCUT2D eigenvalue weighted by molar-refractivity contribution is 6.07. The zero-order chi connectivity index (χ0) is 30.1. The number of aromatic nitrogens is 4. The van der Waals surface area contributed by atoms with Crippen LogP contribution in [0, 0.1) is 0 Å². The third-order valence-electron chi connectivity index (χ3n) is 10.1. The molecule has 0 bridgehead atoms. The number of nitrogens with zero attached hydrogens (tertiary/aromatic N) is 4. The number of fused-ring (bicyclic) bond motifs is 6. The number of pyridine rings is 2. The van der Waals surface area contributed by atoms with Gasteiger partial charge < -0.3 is 9.13 Å². The summed E-state index contributed by atoms with van der Waals surface area (Å²) in [5.74, 6) is 0. The van der Waals surface area contributed by atoms with E-state index in [2.05, 4.69) is 146 Å². The Morgan fingerprint density at radius 3 is 1.18 bits per heavy atom. The third kappa shape index (κ3) is 3.77. The van der Waals surface area contributed by atoms with Crippen LogP contribution in [0.4, 0.5) is 0 Å².